The molecule has 2 heterocycles. The fraction of sp³-hybridized carbons (Fsp3) is 0.526. The fourth-order valence-electron chi connectivity index (χ4n) is 3.44. The molecule has 1 amide bonds. The summed E-state index contributed by atoms with van der Waals surface area (Å²) in [4.78, 5) is 26.6. The number of aryl methyl sites for hydroxylation is 1. The number of likely N-dealkylation sites (tertiary alicyclic amines) is 1. The molecule has 1 fully saturated rings. The molecule has 0 saturated carbocycles. The van der Waals surface area contributed by atoms with Crippen LogP contribution in [0.2, 0.25) is 0 Å². The summed E-state index contributed by atoms with van der Waals surface area (Å²) >= 11 is 0. The van der Waals surface area contributed by atoms with Crippen LogP contribution in [0, 0.1) is 5.82 Å². The Morgan fingerprint density at radius 3 is 2.70 bits per heavy atom. The number of halogens is 1. The molecule has 1 aliphatic rings. The minimum atomic E-state index is -0.348. The van der Waals surface area contributed by atoms with E-state index in [9.17, 15) is 14.0 Å². The van der Waals surface area contributed by atoms with Crippen molar-refractivity contribution >= 4 is 5.91 Å². The van der Waals surface area contributed by atoms with Crippen molar-refractivity contribution in [3.05, 3.63) is 46.4 Å². The van der Waals surface area contributed by atoms with Crippen molar-refractivity contribution in [3.63, 3.8) is 0 Å². The first-order valence-corrected chi connectivity index (χ1v) is 9.18. The minimum Gasteiger partial charge on any atom is -0.484 e. The summed E-state index contributed by atoms with van der Waals surface area (Å²) in [6.07, 6.45) is 1.72. The van der Waals surface area contributed by atoms with Crippen LogP contribution in [0.5, 0.6) is 5.75 Å². The summed E-state index contributed by atoms with van der Waals surface area (Å²) in [5.74, 6) is 0.730. The van der Waals surface area contributed by atoms with Gasteiger partial charge in [0.05, 0.1) is 0 Å². The average molecular weight is 376 g/mol. The van der Waals surface area contributed by atoms with E-state index in [1.54, 1.807) is 16.5 Å². The average Bonchev–Trinajstić information content (AvgIpc) is 2.96. The summed E-state index contributed by atoms with van der Waals surface area (Å²) < 4.78 is 21.5. The quantitative estimate of drug-likeness (QED) is 0.801. The number of nitrogens with zero attached hydrogens (tertiary/aromatic N) is 4. The van der Waals surface area contributed by atoms with Crippen LogP contribution in [0.15, 0.2) is 29.1 Å². The van der Waals surface area contributed by atoms with Crippen molar-refractivity contribution in [1.82, 2.24) is 19.2 Å². The van der Waals surface area contributed by atoms with Crippen LogP contribution in [0.4, 0.5) is 4.39 Å². The number of carbonyl (C=O) groups excluding carboxylic acids is 1. The zero-order valence-electron chi connectivity index (χ0n) is 15.9. The van der Waals surface area contributed by atoms with Crippen LogP contribution >= 0.6 is 0 Å². The molecule has 0 bridgehead atoms. The van der Waals surface area contributed by atoms with Gasteiger partial charge in [-0.15, -0.1) is 0 Å². The number of piperidine rings is 1. The zero-order chi connectivity index (χ0) is 19.6. The van der Waals surface area contributed by atoms with Crippen LogP contribution in [-0.4, -0.2) is 44.9 Å². The second-order valence-corrected chi connectivity index (χ2v) is 7.15. The molecule has 146 valence electrons. The van der Waals surface area contributed by atoms with Crippen molar-refractivity contribution in [2.45, 2.75) is 38.6 Å². The third-order valence-electron chi connectivity index (χ3n) is 4.81. The van der Waals surface area contributed by atoms with E-state index in [4.69, 9.17) is 4.74 Å². The normalized spacial score (nSPS) is 17.4. The van der Waals surface area contributed by atoms with Gasteiger partial charge in [0.15, 0.2) is 6.61 Å². The highest BCUT2D eigenvalue weighted by Gasteiger charge is 2.30. The summed E-state index contributed by atoms with van der Waals surface area (Å²) in [6.45, 7) is 4.97. The van der Waals surface area contributed by atoms with Gasteiger partial charge in [-0.3, -0.25) is 9.36 Å². The number of hydrogen-bond acceptors (Lipinski definition) is 4. The Morgan fingerprint density at radius 2 is 2.04 bits per heavy atom. The standard InChI is InChI=1S/C19H25FN4O3/c1-13(2)24-18(21-22(3)19(24)26)14-5-4-10-23(11-14)17(25)12-27-16-8-6-15(20)7-9-16/h6-9,13-14H,4-5,10-12H2,1-3H3. The van der Waals surface area contributed by atoms with Crippen molar-refractivity contribution in [3.8, 4) is 5.75 Å². The highest BCUT2D eigenvalue weighted by atomic mass is 19.1. The van der Waals surface area contributed by atoms with Gasteiger partial charge in [0.1, 0.15) is 17.4 Å². The van der Waals surface area contributed by atoms with Gasteiger partial charge in [-0.05, 0) is 51.0 Å². The van der Waals surface area contributed by atoms with E-state index in [0.717, 1.165) is 18.7 Å². The van der Waals surface area contributed by atoms with Gasteiger partial charge in [0, 0.05) is 32.1 Å². The molecule has 1 atom stereocenters. The molecule has 1 aromatic carbocycles. The van der Waals surface area contributed by atoms with Gasteiger partial charge >= 0.3 is 5.69 Å². The molecule has 0 N–H and O–H groups in total. The number of hydrogen-bond donors (Lipinski definition) is 0. The van der Waals surface area contributed by atoms with E-state index in [-0.39, 0.29) is 36.0 Å². The van der Waals surface area contributed by atoms with Crippen LogP contribution in [-0.2, 0) is 11.8 Å². The van der Waals surface area contributed by atoms with Gasteiger partial charge in [-0.2, -0.15) is 5.10 Å². The Balaban J connectivity index is 1.67. The zero-order valence-corrected chi connectivity index (χ0v) is 15.9. The number of carbonyl (C=O) groups is 1. The smallest absolute Gasteiger partial charge is 0.345 e. The minimum absolute atomic E-state index is 0.00841. The fourth-order valence-corrected chi connectivity index (χ4v) is 3.44. The lowest BCUT2D eigenvalue weighted by molar-refractivity contribution is -0.134. The molecule has 27 heavy (non-hydrogen) atoms. The van der Waals surface area contributed by atoms with Crippen LogP contribution < -0.4 is 10.4 Å². The molecule has 1 saturated heterocycles. The van der Waals surface area contributed by atoms with Gasteiger partial charge < -0.3 is 9.64 Å². The molecule has 2 aromatic rings. The van der Waals surface area contributed by atoms with Crippen LogP contribution in [0.25, 0.3) is 0 Å². The van der Waals surface area contributed by atoms with Gasteiger partial charge in [-0.1, -0.05) is 0 Å². The first-order chi connectivity index (χ1) is 12.9. The molecule has 8 heteroatoms. The molecular weight excluding hydrogens is 351 g/mol. The number of benzene rings is 1. The number of aromatic nitrogens is 3. The maximum Gasteiger partial charge on any atom is 0.345 e. The predicted octanol–water partition coefficient (Wildman–Crippen LogP) is 2.09. The second-order valence-electron chi connectivity index (χ2n) is 7.15. The summed E-state index contributed by atoms with van der Waals surface area (Å²) in [7, 11) is 1.65. The molecule has 1 aliphatic heterocycles. The van der Waals surface area contributed by atoms with E-state index in [1.807, 2.05) is 13.8 Å². The molecule has 1 aromatic heterocycles. The number of rotatable bonds is 5. The Morgan fingerprint density at radius 1 is 1.33 bits per heavy atom. The first kappa shape index (κ1) is 19.1. The Bertz CT molecular complexity index is 857. The second kappa shape index (κ2) is 7.94. The summed E-state index contributed by atoms with van der Waals surface area (Å²) in [5.41, 5.74) is -0.136. The highest BCUT2D eigenvalue weighted by Crippen LogP contribution is 2.26. The Hall–Kier alpha value is -2.64. The predicted molar refractivity (Wildman–Crippen MR) is 98.3 cm³/mol. The van der Waals surface area contributed by atoms with Crippen molar-refractivity contribution < 1.29 is 13.9 Å². The van der Waals surface area contributed by atoms with Gasteiger partial charge in [0.25, 0.3) is 5.91 Å². The van der Waals surface area contributed by atoms with E-state index in [2.05, 4.69) is 5.10 Å². The number of ether oxygens (including phenoxy) is 1. The molecule has 0 aliphatic carbocycles. The van der Waals surface area contributed by atoms with E-state index < -0.39 is 0 Å². The molecule has 0 radical (unpaired) electrons. The van der Waals surface area contributed by atoms with Crippen molar-refractivity contribution in [2.75, 3.05) is 19.7 Å². The topological polar surface area (TPSA) is 69.4 Å². The Kier molecular flexibility index (Phi) is 5.62. The number of amides is 1. The highest BCUT2D eigenvalue weighted by molar-refractivity contribution is 5.78. The lowest BCUT2D eigenvalue weighted by Crippen LogP contribution is -2.42. The SMILES string of the molecule is CC(C)n1c(C2CCCN(C(=O)COc3ccc(F)cc3)C2)nn(C)c1=O. The van der Waals surface area contributed by atoms with E-state index >= 15 is 0 Å². The molecule has 7 nitrogen and oxygen atoms in total. The molecule has 1 unspecified atom stereocenters. The van der Waals surface area contributed by atoms with Crippen LogP contribution in [0.1, 0.15) is 44.5 Å². The third-order valence-corrected chi connectivity index (χ3v) is 4.81. The monoisotopic (exact) mass is 376 g/mol. The third kappa shape index (κ3) is 4.20. The maximum atomic E-state index is 12.9. The molecule has 0 spiro atoms. The van der Waals surface area contributed by atoms with Crippen LogP contribution in [0.3, 0.4) is 0 Å². The molecule has 3 rings (SSSR count). The molecular formula is C19H25FN4O3. The van der Waals surface area contributed by atoms with E-state index in [0.29, 0.717) is 18.8 Å². The Labute approximate surface area is 157 Å². The lowest BCUT2D eigenvalue weighted by Gasteiger charge is -2.32. The summed E-state index contributed by atoms with van der Waals surface area (Å²) in [5, 5.41) is 4.41. The van der Waals surface area contributed by atoms with E-state index in [1.165, 1.54) is 28.9 Å². The maximum absolute atomic E-state index is 12.9. The van der Waals surface area contributed by atoms with Crippen molar-refractivity contribution in [2.24, 2.45) is 7.05 Å². The summed E-state index contributed by atoms with van der Waals surface area (Å²) in [6, 6.07) is 5.59. The van der Waals surface area contributed by atoms with Crippen molar-refractivity contribution in [1.29, 1.82) is 0 Å². The first-order valence-electron chi connectivity index (χ1n) is 9.18. The van der Waals surface area contributed by atoms with Gasteiger partial charge in [0.2, 0.25) is 0 Å². The largest absolute Gasteiger partial charge is 0.484 e. The lowest BCUT2D eigenvalue weighted by atomic mass is 9.97. The van der Waals surface area contributed by atoms with Gasteiger partial charge in [-0.25, -0.2) is 13.9 Å².